The summed E-state index contributed by atoms with van der Waals surface area (Å²) in [6, 6.07) is -0.956. The number of aliphatic hydroxyl groups excluding tert-OH is 1. The van der Waals surface area contributed by atoms with Crippen LogP contribution in [0.2, 0.25) is 0 Å². The van der Waals surface area contributed by atoms with Gasteiger partial charge in [-0.25, -0.2) is 0 Å². The first-order chi connectivity index (χ1) is 12.1. The Hall–Kier alpha value is -1.75. The van der Waals surface area contributed by atoms with E-state index in [1.165, 1.54) is 6.42 Å². The van der Waals surface area contributed by atoms with Crippen molar-refractivity contribution in [3.05, 3.63) is 46.6 Å². The first-order valence-electron chi connectivity index (χ1n) is 9.25. The Morgan fingerprint density at radius 2 is 1.64 bits per heavy atom. The highest BCUT2D eigenvalue weighted by Crippen LogP contribution is 2.10. The molecule has 2 unspecified atom stereocenters. The van der Waals surface area contributed by atoms with Gasteiger partial charge in [-0.05, 0) is 38.5 Å². The summed E-state index contributed by atoms with van der Waals surface area (Å²) in [6.07, 6.45) is 20.1. The molecule has 2 atom stereocenters. The largest absolute Gasteiger partial charge is 0.386 e. The number of nitro groups is 1. The molecule has 0 aromatic rings. The minimum absolute atomic E-state index is 0.266. The lowest BCUT2D eigenvalue weighted by Gasteiger charge is -2.12. The van der Waals surface area contributed by atoms with Gasteiger partial charge < -0.3 is 5.11 Å². The van der Waals surface area contributed by atoms with E-state index in [9.17, 15) is 20.0 Å². The van der Waals surface area contributed by atoms with E-state index in [0.29, 0.717) is 6.42 Å². The molecule has 0 fully saturated rings. The lowest BCUT2D eigenvalue weighted by Crippen LogP contribution is -2.32. The molecule has 5 nitrogen and oxygen atoms in total. The van der Waals surface area contributed by atoms with Crippen LogP contribution in [0.15, 0.2) is 36.5 Å². The third-order valence-corrected chi connectivity index (χ3v) is 3.87. The average molecular weight is 350 g/mol. The van der Waals surface area contributed by atoms with Gasteiger partial charge >= 0.3 is 0 Å². The molecule has 0 aliphatic carbocycles. The van der Waals surface area contributed by atoms with Crippen molar-refractivity contribution in [2.75, 3.05) is 0 Å². The molecule has 0 heterocycles. The smallest absolute Gasteiger partial charge is 0.242 e. The van der Waals surface area contributed by atoms with Crippen LogP contribution in [-0.2, 0) is 4.79 Å². The van der Waals surface area contributed by atoms with E-state index in [-0.39, 0.29) is 12.8 Å². The van der Waals surface area contributed by atoms with Gasteiger partial charge in [0, 0.05) is 17.8 Å². The zero-order valence-corrected chi connectivity index (χ0v) is 15.3. The topological polar surface area (TPSA) is 80.4 Å². The number of nitrogens with zero attached hydrogens (tertiary/aromatic N) is 1. The maximum atomic E-state index is 11.1. The zero-order valence-electron chi connectivity index (χ0n) is 15.3. The van der Waals surface area contributed by atoms with Gasteiger partial charge in [0.05, 0.1) is 0 Å². The lowest BCUT2D eigenvalue weighted by atomic mass is 10.0. The molecule has 0 saturated heterocycles. The van der Waals surface area contributed by atoms with Crippen LogP contribution in [0.1, 0.15) is 71.1 Å². The average Bonchev–Trinajstić information content (AvgIpc) is 2.59. The fourth-order valence-electron chi connectivity index (χ4n) is 2.32. The van der Waals surface area contributed by atoms with Gasteiger partial charge in [-0.2, -0.15) is 0 Å². The monoisotopic (exact) mass is 350 g/mol. The zero-order chi connectivity index (χ0) is 18.8. The fourth-order valence-corrected chi connectivity index (χ4v) is 2.32. The Kier molecular flexibility index (Phi) is 15.9. The molecule has 0 spiro atoms. The Labute approximate surface area is 151 Å². The first-order valence-corrected chi connectivity index (χ1v) is 9.25. The van der Waals surface area contributed by atoms with Crippen molar-refractivity contribution in [2.45, 2.75) is 83.3 Å². The van der Waals surface area contributed by atoms with Gasteiger partial charge in [0.2, 0.25) is 6.04 Å². The summed E-state index contributed by atoms with van der Waals surface area (Å²) < 4.78 is 0. The number of aliphatic hydroxyl groups is 1. The van der Waals surface area contributed by atoms with Crippen molar-refractivity contribution >= 4 is 6.29 Å². The summed E-state index contributed by atoms with van der Waals surface area (Å²) in [7, 11) is 0. The van der Waals surface area contributed by atoms with Gasteiger partial charge in [-0.1, -0.05) is 56.2 Å². The van der Waals surface area contributed by atoms with Crippen molar-refractivity contribution in [1.82, 2.24) is 0 Å². The molecule has 0 rings (SSSR count). The summed E-state index contributed by atoms with van der Waals surface area (Å²) in [6.45, 7) is 2.14. The van der Waals surface area contributed by atoms with Crippen molar-refractivity contribution in [1.29, 1.82) is 0 Å². The predicted molar refractivity (Wildman–Crippen MR) is 102 cm³/mol. The van der Waals surface area contributed by atoms with E-state index in [1.807, 2.05) is 36.7 Å². The van der Waals surface area contributed by atoms with E-state index in [4.69, 9.17) is 0 Å². The van der Waals surface area contributed by atoms with E-state index in [2.05, 4.69) is 6.92 Å². The van der Waals surface area contributed by atoms with Crippen LogP contribution in [0.25, 0.3) is 0 Å². The maximum Gasteiger partial charge on any atom is 0.242 e. The molecule has 1 radical (unpaired) electrons. The second-order valence-corrected chi connectivity index (χ2v) is 6.07. The van der Waals surface area contributed by atoms with Crippen LogP contribution in [-0.4, -0.2) is 28.5 Å². The van der Waals surface area contributed by atoms with Crippen LogP contribution in [0.5, 0.6) is 0 Å². The van der Waals surface area contributed by atoms with Gasteiger partial charge in [-0.15, -0.1) is 0 Å². The van der Waals surface area contributed by atoms with Crippen molar-refractivity contribution in [3.8, 4) is 0 Å². The summed E-state index contributed by atoms with van der Waals surface area (Å²) in [4.78, 5) is 20.8. The molecule has 0 aliphatic rings. The van der Waals surface area contributed by atoms with E-state index < -0.39 is 17.1 Å². The van der Waals surface area contributed by atoms with Crippen LogP contribution in [0.3, 0.4) is 0 Å². The molecular formula is C20H32NO4. The third kappa shape index (κ3) is 14.3. The number of hydrogen-bond acceptors (Lipinski definition) is 4. The highest BCUT2D eigenvalue weighted by molar-refractivity contribution is 5.50. The summed E-state index contributed by atoms with van der Waals surface area (Å²) in [5.74, 6) is 0. The standard InChI is InChI=1S/C20H32NO4/c1-2-3-4-5-10-13-16-19(21(24)25)20(23)17-14-11-8-6-7-9-12-15-18-22/h6-7,10-11,13-14,19-20,23H,2-5,8-9,12,15-17H2,1H3/b7-6-,13-10-,14-11-. The fraction of sp³-hybridized carbons (Fsp3) is 0.650. The van der Waals surface area contributed by atoms with Crippen molar-refractivity contribution in [3.63, 3.8) is 0 Å². The normalized spacial score (nSPS) is 14.5. The Morgan fingerprint density at radius 3 is 2.32 bits per heavy atom. The number of unbranched alkanes of at least 4 members (excludes halogenated alkanes) is 5. The van der Waals surface area contributed by atoms with E-state index in [0.717, 1.165) is 38.5 Å². The summed E-state index contributed by atoms with van der Waals surface area (Å²) >= 11 is 0. The molecule has 0 aromatic carbocycles. The van der Waals surface area contributed by atoms with E-state index in [1.54, 1.807) is 6.08 Å². The number of rotatable bonds is 16. The third-order valence-electron chi connectivity index (χ3n) is 3.87. The molecule has 25 heavy (non-hydrogen) atoms. The van der Waals surface area contributed by atoms with Crippen LogP contribution in [0.4, 0.5) is 0 Å². The summed E-state index contributed by atoms with van der Waals surface area (Å²) in [5, 5.41) is 21.2. The minimum atomic E-state index is -0.973. The molecule has 0 amide bonds. The molecule has 141 valence electrons. The number of allylic oxidation sites excluding steroid dienone is 4. The molecule has 0 bridgehead atoms. The quantitative estimate of drug-likeness (QED) is 0.189. The minimum Gasteiger partial charge on any atom is -0.386 e. The first kappa shape index (κ1) is 23.2. The van der Waals surface area contributed by atoms with Gasteiger partial charge in [-0.3, -0.25) is 14.9 Å². The lowest BCUT2D eigenvalue weighted by molar-refractivity contribution is -0.533. The molecule has 1 N–H and O–H groups in total. The van der Waals surface area contributed by atoms with E-state index >= 15 is 0 Å². The molecule has 0 aromatic heterocycles. The second kappa shape index (κ2) is 17.1. The van der Waals surface area contributed by atoms with Gasteiger partial charge in [0.1, 0.15) is 6.10 Å². The van der Waals surface area contributed by atoms with Crippen LogP contribution >= 0.6 is 0 Å². The summed E-state index contributed by atoms with van der Waals surface area (Å²) in [5.41, 5.74) is 0. The predicted octanol–water partition coefficient (Wildman–Crippen LogP) is 4.69. The highest BCUT2D eigenvalue weighted by atomic mass is 16.6. The van der Waals surface area contributed by atoms with Gasteiger partial charge in [0.25, 0.3) is 0 Å². The molecular weight excluding hydrogens is 318 g/mol. The Balaban J connectivity index is 4.06. The molecule has 5 heteroatoms. The highest BCUT2D eigenvalue weighted by Gasteiger charge is 2.27. The number of hydrogen-bond donors (Lipinski definition) is 1. The molecule has 0 saturated carbocycles. The van der Waals surface area contributed by atoms with Crippen molar-refractivity contribution in [2.24, 2.45) is 0 Å². The molecule has 0 aliphatic heterocycles. The van der Waals surface area contributed by atoms with Crippen LogP contribution < -0.4 is 0 Å². The van der Waals surface area contributed by atoms with Crippen LogP contribution in [0, 0.1) is 10.1 Å². The Morgan fingerprint density at radius 1 is 1.00 bits per heavy atom. The maximum absolute atomic E-state index is 11.1. The number of carbonyl (C=O) groups excluding carboxylic acids is 1. The SMILES string of the molecule is CCCCC/C=C\CC(C(O)C/C=C\C/C=C\CCC[C]=O)[N+](=O)[O-]. The second-order valence-electron chi connectivity index (χ2n) is 6.07. The van der Waals surface area contributed by atoms with Gasteiger partial charge in [0.15, 0.2) is 6.29 Å². The Bertz CT molecular complexity index is 429. The van der Waals surface area contributed by atoms with Crippen molar-refractivity contribution < 1.29 is 14.8 Å².